The van der Waals surface area contributed by atoms with Crippen LogP contribution < -0.4 is 9.80 Å². The van der Waals surface area contributed by atoms with Gasteiger partial charge in [0.2, 0.25) is 0 Å². The van der Waals surface area contributed by atoms with E-state index in [-0.39, 0.29) is 0 Å². The highest BCUT2D eigenvalue weighted by Crippen LogP contribution is 2.37. The van der Waals surface area contributed by atoms with Crippen LogP contribution in [-0.4, -0.2) is 28.2 Å². The monoisotopic (exact) mass is 304 g/mol. The van der Waals surface area contributed by atoms with Crippen LogP contribution in [0.2, 0.25) is 0 Å². The molecule has 0 amide bonds. The summed E-state index contributed by atoms with van der Waals surface area (Å²) in [7, 11) is 8.49. The molecule has 0 saturated heterocycles. The van der Waals surface area contributed by atoms with E-state index < -0.39 is 0 Å². The molecule has 3 aromatic carbocycles. The Morgan fingerprint density at radius 1 is 0.696 bits per heavy atom. The van der Waals surface area contributed by atoms with E-state index in [1.165, 1.54) is 33.3 Å². The first-order valence-corrected chi connectivity index (χ1v) is 8.01. The fourth-order valence-electron chi connectivity index (χ4n) is 3.23. The van der Waals surface area contributed by atoms with Crippen molar-refractivity contribution in [3.8, 4) is 0 Å². The van der Waals surface area contributed by atoms with E-state index in [0.717, 1.165) is 6.42 Å². The Hall–Kier alpha value is -2.48. The van der Waals surface area contributed by atoms with Gasteiger partial charge in [-0.1, -0.05) is 54.6 Å². The van der Waals surface area contributed by atoms with Crippen molar-refractivity contribution < 1.29 is 0 Å². The Labute approximate surface area is 139 Å². The molecule has 0 spiro atoms. The smallest absolute Gasteiger partial charge is 0.0497 e. The van der Waals surface area contributed by atoms with Crippen molar-refractivity contribution in [2.75, 3.05) is 38.0 Å². The van der Waals surface area contributed by atoms with Crippen molar-refractivity contribution >= 4 is 22.1 Å². The molecule has 0 unspecified atom stereocenters. The van der Waals surface area contributed by atoms with Gasteiger partial charge in [-0.05, 0) is 29.0 Å². The molecule has 0 fully saturated rings. The number of hydrogen-bond acceptors (Lipinski definition) is 2. The number of anilines is 2. The zero-order chi connectivity index (χ0) is 16.4. The van der Waals surface area contributed by atoms with Gasteiger partial charge < -0.3 is 9.80 Å². The number of nitrogens with zero attached hydrogens (tertiary/aromatic N) is 2. The molecule has 0 heterocycles. The summed E-state index contributed by atoms with van der Waals surface area (Å²) >= 11 is 0. The fraction of sp³-hybridized carbons (Fsp3) is 0.238. The van der Waals surface area contributed by atoms with E-state index in [1.54, 1.807) is 0 Å². The number of hydrogen-bond donors (Lipinski definition) is 0. The summed E-state index contributed by atoms with van der Waals surface area (Å²) in [6.45, 7) is 0. The lowest BCUT2D eigenvalue weighted by Gasteiger charge is -2.24. The van der Waals surface area contributed by atoms with Gasteiger partial charge in [-0.15, -0.1) is 0 Å². The summed E-state index contributed by atoms with van der Waals surface area (Å²) in [5.74, 6) is 0. The van der Waals surface area contributed by atoms with Gasteiger partial charge in [-0.3, -0.25) is 0 Å². The summed E-state index contributed by atoms with van der Waals surface area (Å²) in [5.41, 5.74) is 5.29. The van der Waals surface area contributed by atoms with Crippen LogP contribution in [0.4, 0.5) is 11.4 Å². The number of rotatable bonds is 4. The van der Waals surface area contributed by atoms with Crippen LogP contribution in [0, 0.1) is 0 Å². The van der Waals surface area contributed by atoms with Gasteiger partial charge in [0.25, 0.3) is 0 Å². The predicted octanol–water partition coefficient (Wildman–Crippen LogP) is 4.56. The molecule has 0 saturated carbocycles. The van der Waals surface area contributed by atoms with E-state index in [1.807, 2.05) is 0 Å². The first-order valence-electron chi connectivity index (χ1n) is 8.01. The Morgan fingerprint density at radius 2 is 1.43 bits per heavy atom. The Kier molecular flexibility index (Phi) is 4.24. The summed E-state index contributed by atoms with van der Waals surface area (Å²) < 4.78 is 0. The minimum absolute atomic E-state index is 0.950. The van der Waals surface area contributed by atoms with Crippen LogP contribution in [0.15, 0.2) is 60.7 Å². The number of fused-ring (bicyclic) bond motifs is 1. The average molecular weight is 304 g/mol. The fourth-order valence-corrected chi connectivity index (χ4v) is 3.23. The zero-order valence-corrected chi connectivity index (χ0v) is 14.4. The van der Waals surface area contributed by atoms with E-state index >= 15 is 0 Å². The Morgan fingerprint density at radius 3 is 2.09 bits per heavy atom. The largest absolute Gasteiger partial charge is 0.377 e. The van der Waals surface area contributed by atoms with Gasteiger partial charge in [0.1, 0.15) is 0 Å². The second-order valence-electron chi connectivity index (χ2n) is 6.40. The van der Waals surface area contributed by atoms with Gasteiger partial charge in [0, 0.05) is 45.0 Å². The highest BCUT2D eigenvalue weighted by atomic mass is 15.1. The molecule has 23 heavy (non-hydrogen) atoms. The van der Waals surface area contributed by atoms with Gasteiger partial charge in [0.05, 0.1) is 0 Å². The van der Waals surface area contributed by atoms with Gasteiger partial charge in [-0.2, -0.15) is 0 Å². The van der Waals surface area contributed by atoms with Crippen molar-refractivity contribution in [2.24, 2.45) is 0 Å². The van der Waals surface area contributed by atoms with Crippen LogP contribution in [0.3, 0.4) is 0 Å². The third-order valence-electron chi connectivity index (χ3n) is 4.25. The maximum atomic E-state index is 2.27. The standard InChI is InChI=1S/C21H24N2/c1-22(2)19-12-8-11-17-13-14-18(21(20(17)19)23(3)4)15-16-9-6-5-7-10-16/h5-14H,15H2,1-4H3. The van der Waals surface area contributed by atoms with Crippen molar-refractivity contribution in [2.45, 2.75) is 6.42 Å². The van der Waals surface area contributed by atoms with Crippen LogP contribution in [-0.2, 0) is 6.42 Å². The highest BCUT2D eigenvalue weighted by molar-refractivity contribution is 6.04. The average Bonchev–Trinajstić information content (AvgIpc) is 2.54. The number of benzene rings is 3. The molecule has 0 aliphatic rings. The zero-order valence-electron chi connectivity index (χ0n) is 14.4. The lowest BCUT2D eigenvalue weighted by molar-refractivity contribution is 1.09. The lowest BCUT2D eigenvalue weighted by Crippen LogP contribution is -2.15. The molecule has 0 atom stereocenters. The highest BCUT2D eigenvalue weighted by Gasteiger charge is 2.14. The summed E-state index contributed by atoms with van der Waals surface area (Å²) in [6.07, 6.45) is 0.950. The van der Waals surface area contributed by atoms with Crippen molar-refractivity contribution in [1.82, 2.24) is 0 Å². The van der Waals surface area contributed by atoms with Crippen molar-refractivity contribution in [3.63, 3.8) is 0 Å². The first kappa shape index (κ1) is 15.4. The second-order valence-corrected chi connectivity index (χ2v) is 6.40. The quantitative estimate of drug-likeness (QED) is 0.697. The normalized spacial score (nSPS) is 10.8. The maximum Gasteiger partial charge on any atom is 0.0497 e. The maximum absolute atomic E-state index is 2.27. The second kappa shape index (κ2) is 6.33. The van der Waals surface area contributed by atoms with Crippen LogP contribution >= 0.6 is 0 Å². The molecule has 0 aliphatic heterocycles. The topological polar surface area (TPSA) is 6.48 Å². The molecule has 3 rings (SSSR count). The van der Waals surface area contributed by atoms with E-state index in [0.29, 0.717) is 0 Å². The van der Waals surface area contributed by atoms with E-state index in [9.17, 15) is 0 Å². The van der Waals surface area contributed by atoms with Crippen LogP contribution in [0.25, 0.3) is 10.8 Å². The summed E-state index contributed by atoms with van der Waals surface area (Å²) in [6, 6.07) is 21.7. The van der Waals surface area contributed by atoms with E-state index in [4.69, 9.17) is 0 Å². The molecule has 2 heteroatoms. The predicted molar refractivity (Wildman–Crippen MR) is 102 cm³/mol. The molecule has 0 aliphatic carbocycles. The Balaban J connectivity index is 2.22. The molecular weight excluding hydrogens is 280 g/mol. The molecule has 2 nitrogen and oxygen atoms in total. The van der Waals surface area contributed by atoms with Gasteiger partial charge in [0.15, 0.2) is 0 Å². The molecule has 3 aromatic rings. The SMILES string of the molecule is CN(C)c1cccc2ccc(Cc3ccccc3)c(N(C)C)c12. The van der Waals surface area contributed by atoms with Crippen molar-refractivity contribution in [3.05, 3.63) is 71.8 Å². The molecular formula is C21H24N2. The minimum atomic E-state index is 0.950. The molecule has 0 N–H and O–H groups in total. The summed E-state index contributed by atoms with van der Waals surface area (Å²) in [4.78, 5) is 4.44. The van der Waals surface area contributed by atoms with E-state index in [2.05, 4.69) is 98.7 Å². The van der Waals surface area contributed by atoms with Gasteiger partial charge >= 0.3 is 0 Å². The third kappa shape index (κ3) is 3.02. The molecule has 0 radical (unpaired) electrons. The van der Waals surface area contributed by atoms with Crippen LogP contribution in [0.1, 0.15) is 11.1 Å². The minimum Gasteiger partial charge on any atom is -0.377 e. The lowest BCUT2D eigenvalue weighted by atomic mass is 9.96. The molecule has 0 bridgehead atoms. The first-order chi connectivity index (χ1) is 11.1. The third-order valence-corrected chi connectivity index (χ3v) is 4.25. The van der Waals surface area contributed by atoms with Crippen LogP contribution in [0.5, 0.6) is 0 Å². The molecule has 118 valence electrons. The Bertz CT molecular complexity index is 805. The molecule has 0 aromatic heterocycles. The summed E-state index contributed by atoms with van der Waals surface area (Å²) in [5, 5.41) is 2.62. The van der Waals surface area contributed by atoms with Gasteiger partial charge in [-0.25, -0.2) is 0 Å². The van der Waals surface area contributed by atoms with Crippen molar-refractivity contribution in [1.29, 1.82) is 0 Å².